The minimum absolute atomic E-state index is 0.0880. The van der Waals surface area contributed by atoms with E-state index in [1.54, 1.807) is 0 Å². The predicted molar refractivity (Wildman–Crippen MR) is 88.3 cm³/mol. The van der Waals surface area contributed by atoms with Gasteiger partial charge in [-0.1, -0.05) is 36.4 Å². The van der Waals surface area contributed by atoms with Crippen LogP contribution in [0.1, 0.15) is 19.4 Å². The molecular weight excluding hydrogens is 272 g/mol. The fourth-order valence-electron chi connectivity index (χ4n) is 3.14. The van der Waals surface area contributed by atoms with E-state index < -0.39 is 0 Å². The second-order valence-corrected chi connectivity index (χ2v) is 6.44. The zero-order chi connectivity index (χ0) is 15.3. The number of fused-ring (bicyclic) bond motifs is 3. The minimum Gasteiger partial charge on any atom is -0.399 e. The molecule has 0 spiro atoms. The largest absolute Gasteiger partial charge is 0.399 e. The average Bonchev–Trinajstić information content (AvgIpc) is 2.93. The Morgan fingerprint density at radius 3 is 2.73 bits per heavy atom. The van der Waals surface area contributed by atoms with Crippen molar-refractivity contribution in [2.45, 2.75) is 25.8 Å². The first-order chi connectivity index (χ1) is 10.5. The van der Waals surface area contributed by atoms with Crippen molar-refractivity contribution in [2.24, 2.45) is 0 Å². The Labute approximate surface area is 129 Å². The maximum Gasteiger partial charge on any atom is 0.181 e. The van der Waals surface area contributed by atoms with Crippen LogP contribution in [-0.4, -0.2) is 14.8 Å². The molecule has 0 fully saturated rings. The Kier molecular flexibility index (Phi) is 2.64. The van der Waals surface area contributed by atoms with E-state index in [4.69, 9.17) is 15.8 Å². The van der Waals surface area contributed by atoms with E-state index >= 15 is 0 Å². The molecule has 4 rings (SSSR count). The summed E-state index contributed by atoms with van der Waals surface area (Å²) in [5.41, 5.74) is 9.97. The van der Waals surface area contributed by atoms with Crippen molar-refractivity contribution < 1.29 is 0 Å². The number of benzene rings is 2. The highest BCUT2D eigenvalue weighted by Gasteiger charge is 2.33. The molecule has 0 saturated carbocycles. The molecular formula is C18H18N4. The van der Waals surface area contributed by atoms with Gasteiger partial charge in [-0.3, -0.25) is 0 Å². The van der Waals surface area contributed by atoms with Gasteiger partial charge in [0, 0.05) is 16.8 Å². The first-order valence-electron chi connectivity index (χ1n) is 7.46. The lowest BCUT2D eigenvalue weighted by atomic mass is 9.88. The number of aromatic nitrogens is 3. The summed E-state index contributed by atoms with van der Waals surface area (Å²) >= 11 is 0. The molecule has 4 heteroatoms. The van der Waals surface area contributed by atoms with Crippen LogP contribution in [-0.2, 0) is 12.0 Å². The predicted octanol–water partition coefficient (Wildman–Crippen LogP) is 3.49. The number of hydrogen-bond donors (Lipinski definition) is 1. The fourth-order valence-corrected chi connectivity index (χ4v) is 3.14. The lowest BCUT2D eigenvalue weighted by Gasteiger charge is -2.32. The molecule has 0 atom stereocenters. The lowest BCUT2D eigenvalue weighted by Crippen LogP contribution is -2.34. The fraction of sp³-hybridized carbons (Fsp3) is 0.222. The van der Waals surface area contributed by atoms with E-state index in [1.807, 2.05) is 28.9 Å². The van der Waals surface area contributed by atoms with Gasteiger partial charge in [0.05, 0.1) is 5.54 Å². The van der Waals surface area contributed by atoms with Gasteiger partial charge in [0.1, 0.15) is 0 Å². The summed E-state index contributed by atoms with van der Waals surface area (Å²) in [5.74, 6) is 1.66. The molecule has 0 bridgehead atoms. The molecule has 4 nitrogen and oxygen atoms in total. The highest BCUT2D eigenvalue weighted by atomic mass is 15.4. The van der Waals surface area contributed by atoms with Crippen LogP contribution in [0.5, 0.6) is 0 Å². The standard InChI is InChI=1S/C18H18N4/c1-18(2)11-13-6-3-4-9-15(13)17-20-16(21-22(17)18)12-7-5-8-14(19)10-12/h3-10H,11,19H2,1-2H3. The molecule has 22 heavy (non-hydrogen) atoms. The van der Waals surface area contributed by atoms with Gasteiger partial charge in [-0.25, -0.2) is 9.67 Å². The van der Waals surface area contributed by atoms with Crippen molar-refractivity contribution >= 4 is 5.69 Å². The summed E-state index contributed by atoms with van der Waals surface area (Å²) in [4.78, 5) is 4.80. The molecule has 2 aromatic carbocycles. The topological polar surface area (TPSA) is 56.7 Å². The summed E-state index contributed by atoms with van der Waals surface area (Å²) in [6.45, 7) is 4.40. The highest BCUT2D eigenvalue weighted by molar-refractivity contribution is 5.68. The number of hydrogen-bond acceptors (Lipinski definition) is 3. The molecule has 2 N–H and O–H groups in total. The smallest absolute Gasteiger partial charge is 0.181 e. The zero-order valence-electron chi connectivity index (χ0n) is 12.7. The molecule has 1 aliphatic heterocycles. The van der Waals surface area contributed by atoms with Crippen LogP contribution >= 0.6 is 0 Å². The van der Waals surface area contributed by atoms with Crippen molar-refractivity contribution in [3.05, 3.63) is 54.1 Å². The van der Waals surface area contributed by atoms with Crippen molar-refractivity contribution in [1.29, 1.82) is 0 Å². The summed E-state index contributed by atoms with van der Waals surface area (Å²) < 4.78 is 2.05. The van der Waals surface area contributed by atoms with E-state index in [1.165, 1.54) is 11.1 Å². The molecule has 3 aromatic rings. The van der Waals surface area contributed by atoms with Gasteiger partial charge in [-0.2, -0.15) is 0 Å². The second-order valence-electron chi connectivity index (χ2n) is 6.44. The number of nitrogens with two attached hydrogens (primary N) is 1. The Hall–Kier alpha value is -2.62. The summed E-state index contributed by atoms with van der Waals surface area (Å²) in [6.07, 6.45) is 0.954. The lowest BCUT2D eigenvalue weighted by molar-refractivity contribution is 0.313. The van der Waals surface area contributed by atoms with Crippen molar-refractivity contribution in [3.8, 4) is 22.8 Å². The highest BCUT2D eigenvalue weighted by Crippen LogP contribution is 2.37. The molecule has 1 aliphatic rings. The van der Waals surface area contributed by atoms with Gasteiger partial charge in [0.15, 0.2) is 11.6 Å². The number of rotatable bonds is 1. The first kappa shape index (κ1) is 13.1. The van der Waals surface area contributed by atoms with Gasteiger partial charge in [-0.15, -0.1) is 5.10 Å². The second kappa shape index (κ2) is 4.44. The third-order valence-corrected chi connectivity index (χ3v) is 4.21. The molecule has 110 valence electrons. The van der Waals surface area contributed by atoms with Crippen LogP contribution in [0.3, 0.4) is 0 Å². The van der Waals surface area contributed by atoms with Crippen LogP contribution in [0.25, 0.3) is 22.8 Å². The quantitative estimate of drug-likeness (QED) is 0.698. The first-order valence-corrected chi connectivity index (χ1v) is 7.46. The van der Waals surface area contributed by atoms with Crippen molar-refractivity contribution in [2.75, 3.05) is 5.73 Å². The third-order valence-electron chi connectivity index (χ3n) is 4.21. The van der Waals surface area contributed by atoms with E-state index in [2.05, 4.69) is 38.1 Å². The Morgan fingerprint density at radius 1 is 1.09 bits per heavy atom. The summed E-state index contributed by atoms with van der Waals surface area (Å²) in [5, 5.41) is 4.76. The third kappa shape index (κ3) is 1.91. The molecule has 1 aromatic heterocycles. The maximum atomic E-state index is 5.89. The van der Waals surface area contributed by atoms with Crippen molar-refractivity contribution in [1.82, 2.24) is 14.8 Å². The molecule has 2 heterocycles. The molecule has 0 unspecified atom stereocenters. The van der Waals surface area contributed by atoms with Crippen molar-refractivity contribution in [3.63, 3.8) is 0 Å². The average molecular weight is 290 g/mol. The zero-order valence-corrected chi connectivity index (χ0v) is 12.7. The Bertz CT molecular complexity index is 861. The van der Waals surface area contributed by atoms with E-state index in [0.29, 0.717) is 0 Å². The molecule has 0 amide bonds. The van der Waals surface area contributed by atoms with E-state index in [9.17, 15) is 0 Å². The van der Waals surface area contributed by atoms with Crippen LogP contribution in [0, 0.1) is 0 Å². The van der Waals surface area contributed by atoms with Crippen LogP contribution in [0.15, 0.2) is 48.5 Å². The molecule has 0 aliphatic carbocycles. The van der Waals surface area contributed by atoms with Gasteiger partial charge in [0.25, 0.3) is 0 Å². The van der Waals surface area contributed by atoms with Crippen LogP contribution < -0.4 is 5.73 Å². The molecule has 0 saturated heterocycles. The summed E-state index contributed by atoms with van der Waals surface area (Å²) in [7, 11) is 0. The minimum atomic E-state index is -0.0880. The number of anilines is 1. The number of nitrogen functional groups attached to an aromatic ring is 1. The van der Waals surface area contributed by atoms with E-state index in [0.717, 1.165) is 29.3 Å². The Balaban J connectivity index is 1.94. The molecule has 0 radical (unpaired) electrons. The monoisotopic (exact) mass is 290 g/mol. The van der Waals surface area contributed by atoms with Gasteiger partial charge in [0.2, 0.25) is 0 Å². The number of nitrogens with zero attached hydrogens (tertiary/aromatic N) is 3. The normalized spacial score (nSPS) is 15.2. The van der Waals surface area contributed by atoms with Crippen LogP contribution in [0.2, 0.25) is 0 Å². The summed E-state index contributed by atoms with van der Waals surface area (Å²) in [6, 6.07) is 16.2. The SMILES string of the molecule is CC1(C)Cc2ccccc2-c2nc(-c3cccc(N)c3)nn21. The van der Waals surface area contributed by atoms with Gasteiger partial charge >= 0.3 is 0 Å². The van der Waals surface area contributed by atoms with Gasteiger partial charge < -0.3 is 5.73 Å². The Morgan fingerprint density at radius 2 is 1.91 bits per heavy atom. The van der Waals surface area contributed by atoms with E-state index in [-0.39, 0.29) is 5.54 Å². The maximum absolute atomic E-state index is 5.89. The van der Waals surface area contributed by atoms with Crippen LogP contribution in [0.4, 0.5) is 5.69 Å². The van der Waals surface area contributed by atoms with Gasteiger partial charge in [-0.05, 0) is 38.0 Å².